The van der Waals surface area contributed by atoms with Crippen molar-refractivity contribution in [1.29, 1.82) is 0 Å². The number of amides is 1. The molecule has 0 bridgehead atoms. The van der Waals surface area contributed by atoms with Crippen LogP contribution in [0, 0.1) is 13.8 Å². The summed E-state index contributed by atoms with van der Waals surface area (Å²) in [6.07, 6.45) is 5.70. The highest BCUT2D eigenvalue weighted by atomic mass is 35.5. The van der Waals surface area contributed by atoms with Crippen molar-refractivity contribution in [2.75, 3.05) is 0 Å². The summed E-state index contributed by atoms with van der Waals surface area (Å²) in [6, 6.07) is 15.2. The molecule has 5 heteroatoms. The SMILES string of the molecule is Cc1ccc(C(O)(C(=O)NNC2CCCCC2)c2ccc(C)cc2)cc1.Cl. The maximum atomic E-state index is 13.1. The van der Waals surface area contributed by atoms with E-state index in [1.807, 2.05) is 62.4 Å². The molecular weight excluding hydrogens is 360 g/mol. The second-order valence-electron chi connectivity index (χ2n) is 7.38. The summed E-state index contributed by atoms with van der Waals surface area (Å²) in [7, 11) is 0. The van der Waals surface area contributed by atoms with Gasteiger partial charge in [0.15, 0.2) is 5.60 Å². The number of nitrogens with one attached hydrogen (secondary N) is 2. The van der Waals surface area contributed by atoms with E-state index < -0.39 is 11.5 Å². The largest absolute Gasteiger partial charge is 0.372 e. The summed E-state index contributed by atoms with van der Waals surface area (Å²) in [5.74, 6) is -0.448. The number of benzene rings is 2. The fourth-order valence-corrected chi connectivity index (χ4v) is 3.52. The molecule has 146 valence electrons. The molecule has 0 radical (unpaired) electrons. The number of aryl methyl sites for hydroxylation is 2. The lowest BCUT2D eigenvalue weighted by molar-refractivity contribution is -0.138. The Hall–Kier alpha value is -1.88. The molecule has 2 aromatic rings. The zero-order valence-corrected chi connectivity index (χ0v) is 16.8. The number of aliphatic hydroxyl groups is 1. The summed E-state index contributed by atoms with van der Waals surface area (Å²) >= 11 is 0. The van der Waals surface area contributed by atoms with Crippen LogP contribution in [0.1, 0.15) is 54.4 Å². The third-order valence-corrected chi connectivity index (χ3v) is 5.26. The molecule has 1 fully saturated rings. The maximum absolute atomic E-state index is 13.1. The number of hydrogen-bond acceptors (Lipinski definition) is 3. The lowest BCUT2D eigenvalue weighted by Crippen LogP contribution is -2.53. The quantitative estimate of drug-likeness (QED) is 0.680. The van der Waals surface area contributed by atoms with E-state index in [9.17, 15) is 9.90 Å². The average Bonchev–Trinajstić information content (AvgIpc) is 2.67. The first-order chi connectivity index (χ1) is 12.5. The molecule has 4 nitrogen and oxygen atoms in total. The fourth-order valence-electron chi connectivity index (χ4n) is 3.52. The Balaban J connectivity index is 0.00000261. The van der Waals surface area contributed by atoms with Gasteiger partial charge in [-0.25, -0.2) is 5.43 Å². The second-order valence-corrected chi connectivity index (χ2v) is 7.38. The van der Waals surface area contributed by atoms with Gasteiger partial charge in [0, 0.05) is 6.04 Å². The van der Waals surface area contributed by atoms with E-state index in [2.05, 4.69) is 10.9 Å². The number of hydrogen-bond donors (Lipinski definition) is 3. The Labute approximate surface area is 167 Å². The standard InChI is InChI=1S/C22H28N2O2.ClH/c1-16-8-12-18(13-9-16)22(26,19-14-10-17(2)11-15-19)21(25)24-23-20-6-4-3-5-7-20;/h8-15,20,23,26H,3-7H2,1-2H3,(H,24,25);1H. The van der Waals surface area contributed by atoms with Crippen molar-refractivity contribution in [2.45, 2.75) is 57.6 Å². The van der Waals surface area contributed by atoms with Gasteiger partial charge in [0.05, 0.1) is 0 Å². The fraction of sp³-hybridized carbons (Fsp3) is 0.409. The highest BCUT2D eigenvalue weighted by Gasteiger charge is 2.40. The predicted octanol–water partition coefficient (Wildman–Crippen LogP) is 3.91. The molecule has 0 spiro atoms. The zero-order valence-electron chi connectivity index (χ0n) is 16.0. The van der Waals surface area contributed by atoms with Crippen LogP contribution in [0.3, 0.4) is 0 Å². The summed E-state index contributed by atoms with van der Waals surface area (Å²) in [5, 5.41) is 11.5. The summed E-state index contributed by atoms with van der Waals surface area (Å²) in [5.41, 5.74) is 7.47. The Morgan fingerprint density at radius 3 is 1.78 bits per heavy atom. The minimum absolute atomic E-state index is 0. The Bertz CT molecular complexity index is 692. The van der Waals surface area contributed by atoms with Gasteiger partial charge in [-0.1, -0.05) is 78.9 Å². The lowest BCUT2D eigenvalue weighted by atomic mass is 9.85. The van der Waals surface area contributed by atoms with Crippen LogP contribution >= 0.6 is 12.4 Å². The van der Waals surface area contributed by atoms with Crippen LogP contribution in [0.4, 0.5) is 0 Å². The van der Waals surface area contributed by atoms with Crippen LogP contribution in [0.15, 0.2) is 48.5 Å². The first kappa shape index (κ1) is 21.4. The van der Waals surface area contributed by atoms with Gasteiger partial charge in [-0.2, -0.15) is 0 Å². The molecule has 0 aliphatic heterocycles. The van der Waals surface area contributed by atoms with Gasteiger partial charge in [0.2, 0.25) is 0 Å². The Kier molecular flexibility index (Phi) is 7.42. The monoisotopic (exact) mass is 388 g/mol. The summed E-state index contributed by atoms with van der Waals surface area (Å²) < 4.78 is 0. The van der Waals surface area contributed by atoms with Crippen LogP contribution in [-0.4, -0.2) is 17.1 Å². The van der Waals surface area contributed by atoms with E-state index in [1.165, 1.54) is 19.3 Å². The van der Waals surface area contributed by atoms with E-state index >= 15 is 0 Å². The number of carbonyl (C=O) groups is 1. The van der Waals surface area contributed by atoms with Gasteiger partial charge in [-0.3, -0.25) is 10.2 Å². The van der Waals surface area contributed by atoms with E-state index in [-0.39, 0.29) is 18.4 Å². The van der Waals surface area contributed by atoms with Crippen molar-refractivity contribution in [1.82, 2.24) is 10.9 Å². The van der Waals surface area contributed by atoms with E-state index in [0.717, 1.165) is 24.0 Å². The van der Waals surface area contributed by atoms with Crippen molar-refractivity contribution in [3.8, 4) is 0 Å². The van der Waals surface area contributed by atoms with Crippen LogP contribution in [0.2, 0.25) is 0 Å². The molecule has 1 aliphatic carbocycles. The highest BCUT2D eigenvalue weighted by Crippen LogP contribution is 2.30. The minimum atomic E-state index is -1.73. The van der Waals surface area contributed by atoms with E-state index in [4.69, 9.17) is 0 Å². The van der Waals surface area contributed by atoms with Gasteiger partial charge >= 0.3 is 0 Å². The normalized spacial score (nSPS) is 15.1. The summed E-state index contributed by atoms with van der Waals surface area (Å²) in [6.45, 7) is 3.97. The maximum Gasteiger partial charge on any atom is 0.275 e. The first-order valence-corrected chi connectivity index (χ1v) is 9.43. The van der Waals surface area contributed by atoms with Gasteiger partial charge in [0.25, 0.3) is 5.91 Å². The molecule has 0 heterocycles. The van der Waals surface area contributed by atoms with Crippen molar-refractivity contribution in [3.05, 3.63) is 70.8 Å². The summed E-state index contributed by atoms with van der Waals surface area (Å²) in [4.78, 5) is 13.1. The van der Waals surface area contributed by atoms with Gasteiger partial charge in [-0.05, 0) is 37.8 Å². The van der Waals surface area contributed by atoms with Crippen LogP contribution in [0.5, 0.6) is 0 Å². The average molecular weight is 389 g/mol. The van der Waals surface area contributed by atoms with Crippen molar-refractivity contribution < 1.29 is 9.90 Å². The third kappa shape index (κ3) is 4.89. The van der Waals surface area contributed by atoms with Crippen LogP contribution in [0.25, 0.3) is 0 Å². The number of carbonyl (C=O) groups excluding carboxylic acids is 1. The molecule has 0 atom stereocenters. The van der Waals surface area contributed by atoms with Gasteiger partial charge < -0.3 is 5.11 Å². The van der Waals surface area contributed by atoms with Gasteiger partial charge in [-0.15, -0.1) is 12.4 Å². The molecule has 1 saturated carbocycles. The van der Waals surface area contributed by atoms with Crippen LogP contribution in [-0.2, 0) is 10.4 Å². The third-order valence-electron chi connectivity index (χ3n) is 5.26. The van der Waals surface area contributed by atoms with E-state index in [1.54, 1.807) is 0 Å². The molecular formula is C22H29ClN2O2. The molecule has 3 rings (SSSR count). The molecule has 27 heavy (non-hydrogen) atoms. The molecule has 0 unspecified atom stereocenters. The van der Waals surface area contributed by atoms with E-state index in [0.29, 0.717) is 11.1 Å². The lowest BCUT2D eigenvalue weighted by Gasteiger charge is -2.30. The van der Waals surface area contributed by atoms with Crippen molar-refractivity contribution in [3.63, 3.8) is 0 Å². The molecule has 0 aromatic heterocycles. The Morgan fingerprint density at radius 2 is 1.33 bits per heavy atom. The van der Waals surface area contributed by atoms with Crippen LogP contribution < -0.4 is 10.9 Å². The zero-order chi connectivity index (χ0) is 18.6. The van der Waals surface area contributed by atoms with Crippen molar-refractivity contribution in [2.24, 2.45) is 0 Å². The highest BCUT2D eigenvalue weighted by molar-refractivity contribution is 5.89. The predicted molar refractivity (Wildman–Crippen MR) is 111 cm³/mol. The second kappa shape index (κ2) is 9.36. The molecule has 3 N–H and O–H groups in total. The smallest absolute Gasteiger partial charge is 0.275 e. The molecule has 1 amide bonds. The molecule has 0 saturated heterocycles. The Morgan fingerprint density at radius 1 is 0.889 bits per heavy atom. The first-order valence-electron chi connectivity index (χ1n) is 9.43. The molecule has 2 aromatic carbocycles. The number of hydrazine groups is 1. The number of halogens is 1. The van der Waals surface area contributed by atoms with Gasteiger partial charge in [0.1, 0.15) is 0 Å². The topological polar surface area (TPSA) is 61.4 Å². The van der Waals surface area contributed by atoms with Crippen molar-refractivity contribution >= 4 is 18.3 Å². The molecule has 1 aliphatic rings. The minimum Gasteiger partial charge on any atom is -0.372 e. The number of rotatable bonds is 5.